The van der Waals surface area contributed by atoms with E-state index in [9.17, 15) is 14.4 Å². The maximum Gasteiger partial charge on any atom is 0.257 e. The smallest absolute Gasteiger partial charge is 0.257 e. The van der Waals surface area contributed by atoms with Gasteiger partial charge in [0.25, 0.3) is 5.91 Å². The van der Waals surface area contributed by atoms with Crippen LogP contribution in [-0.4, -0.2) is 35.2 Å². The summed E-state index contributed by atoms with van der Waals surface area (Å²) < 4.78 is 0. The Balaban J connectivity index is 1.84. The first-order valence-corrected chi connectivity index (χ1v) is 10.4. The SMILES string of the molecule is Cc1ccc(N2C(=O)CC(N(CCc3ccccc3)C(=O)CC(C)(C)C)C2=O)cc1. The molecule has 0 saturated carbocycles. The lowest BCUT2D eigenvalue weighted by atomic mass is 9.91. The molecule has 5 nitrogen and oxygen atoms in total. The Labute approximate surface area is 178 Å². The molecule has 30 heavy (non-hydrogen) atoms. The number of hydrogen-bond donors (Lipinski definition) is 0. The van der Waals surface area contributed by atoms with Crippen molar-refractivity contribution in [3.05, 3.63) is 65.7 Å². The molecule has 0 bridgehead atoms. The largest absolute Gasteiger partial charge is 0.330 e. The summed E-state index contributed by atoms with van der Waals surface area (Å²) in [5.41, 5.74) is 2.51. The van der Waals surface area contributed by atoms with Gasteiger partial charge < -0.3 is 4.90 Å². The van der Waals surface area contributed by atoms with Gasteiger partial charge in [0.2, 0.25) is 11.8 Å². The summed E-state index contributed by atoms with van der Waals surface area (Å²) in [4.78, 5) is 42.0. The molecule has 1 fully saturated rings. The van der Waals surface area contributed by atoms with E-state index in [1.807, 2.05) is 70.2 Å². The van der Waals surface area contributed by atoms with Crippen molar-refractivity contribution in [1.82, 2.24) is 4.90 Å². The van der Waals surface area contributed by atoms with Gasteiger partial charge in [0, 0.05) is 13.0 Å². The number of anilines is 1. The van der Waals surface area contributed by atoms with E-state index in [0.29, 0.717) is 25.1 Å². The first-order valence-electron chi connectivity index (χ1n) is 10.4. The molecule has 5 heteroatoms. The van der Waals surface area contributed by atoms with Crippen molar-refractivity contribution in [3.63, 3.8) is 0 Å². The molecular weight excluding hydrogens is 376 g/mol. The number of benzene rings is 2. The molecule has 0 N–H and O–H groups in total. The fourth-order valence-electron chi connectivity index (χ4n) is 3.73. The summed E-state index contributed by atoms with van der Waals surface area (Å²) in [5.74, 6) is -0.670. The van der Waals surface area contributed by atoms with E-state index >= 15 is 0 Å². The molecule has 1 heterocycles. The van der Waals surface area contributed by atoms with Gasteiger partial charge in [0.15, 0.2) is 0 Å². The summed E-state index contributed by atoms with van der Waals surface area (Å²) in [6.45, 7) is 8.36. The van der Waals surface area contributed by atoms with Gasteiger partial charge in [-0.1, -0.05) is 68.8 Å². The molecule has 2 aromatic rings. The highest BCUT2D eigenvalue weighted by Crippen LogP contribution is 2.28. The van der Waals surface area contributed by atoms with Crippen LogP contribution in [0.15, 0.2) is 54.6 Å². The minimum absolute atomic E-state index is 0.0252. The van der Waals surface area contributed by atoms with Crippen LogP contribution in [0, 0.1) is 12.3 Å². The van der Waals surface area contributed by atoms with Gasteiger partial charge >= 0.3 is 0 Å². The van der Waals surface area contributed by atoms with Crippen molar-refractivity contribution in [2.45, 2.75) is 53.0 Å². The predicted molar refractivity (Wildman–Crippen MR) is 118 cm³/mol. The molecule has 1 unspecified atom stereocenters. The van der Waals surface area contributed by atoms with Crippen LogP contribution in [0.1, 0.15) is 44.7 Å². The van der Waals surface area contributed by atoms with Crippen LogP contribution in [0.25, 0.3) is 0 Å². The number of imide groups is 1. The molecule has 1 atom stereocenters. The Bertz CT molecular complexity index is 914. The Morgan fingerprint density at radius 2 is 1.67 bits per heavy atom. The third kappa shape index (κ3) is 5.15. The molecule has 1 aliphatic rings. The number of amides is 3. The van der Waals surface area contributed by atoms with Gasteiger partial charge in [-0.3, -0.25) is 14.4 Å². The monoisotopic (exact) mass is 406 g/mol. The molecule has 0 aliphatic carbocycles. The lowest BCUT2D eigenvalue weighted by molar-refractivity contribution is -0.139. The highest BCUT2D eigenvalue weighted by Gasteiger charge is 2.44. The Kier molecular flexibility index (Phi) is 6.40. The maximum absolute atomic E-state index is 13.2. The highest BCUT2D eigenvalue weighted by atomic mass is 16.2. The molecule has 158 valence electrons. The number of aryl methyl sites for hydroxylation is 1. The molecule has 3 rings (SSSR count). The highest BCUT2D eigenvalue weighted by molar-refractivity contribution is 6.23. The first-order chi connectivity index (χ1) is 14.2. The fourth-order valence-corrected chi connectivity index (χ4v) is 3.73. The summed E-state index contributed by atoms with van der Waals surface area (Å²) >= 11 is 0. The van der Waals surface area contributed by atoms with E-state index in [-0.39, 0.29) is 29.6 Å². The van der Waals surface area contributed by atoms with Crippen molar-refractivity contribution in [2.24, 2.45) is 5.41 Å². The predicted octanol–water partition coefficient (Wildman–Crippen LogP) is 4.13. The van der Waals surface area contributed by atoms with Crippen molar-refractivity contribution in [1.29, 1.82) is 0 Å². The zero-order chi connectivity index (χ0) is 21.9. The lowest BCUT2D eigenvalue weighted by Gasteiger charge is -2.30. The summed E-state index contributed by atoms with van der Waals surface area (Å²) in [6.07, 6.45) is 0.987. The molecular formula is C25H30N2O3. The Morgan fingerprint density at radius 1 is 1.03 bits per heavy atom. The van der Waals surface area contributed by atoms with E-state index in [2.05, 4.69) is 0 Å². The minimum Gasteiger partial charge on any atom is -0.330 e. The molecule has 1 aliphatic heterocycles. The summed E-state index contributed by atoms with van der Waals surface area (Å²) in [7, 11) is 0. The summed E-state index contributed by atoms with van der Waals surface area (Å²) in [6, 6.07) is 16.4. The topological polar surface area (TPSA) is 57.7 Å². The van der Waals surface area contributed by atoms with E-state index in [0.717, 1.165) is 11.1 Å². The quantitative estimate of drug-likeness (QED) is 0.678. The first kappa shape index (κ1) is 21.8. The number of nitrogens with zero attached hydrogens (tertiary/aromatic N) is 2. The molecule has 0 aromatic heterocycles. The van der Waals surface area contributed by atoms with Gasteiger partial charge in [0.1, 0.15) is 6.04 Å². The molecule has 0 spiro atoms. The van der Waals surface area contributed by atoms with Crippen molar-refractivity contribution in [3.8, 4) is 0 Å². The molecule has 3 amide bonds. The van der Waals surface area contributed by atoms with Crippen molar-refractivity contribution >= 4 is 23.4 Å². The number of carbonyl (C=O) groups excluding carboxylic acids is 3. The van der Waals surface area contributed by atoms with Crippen LogP contribution in [0.4, 0.5) is 5.69 Å². The van der Waals surface area contributed by atoms with Crippen molar-refractivity contribution in [2.75, 3.05) is 11.4 Å². The molecule has 2 aromatic carbocycles. The summed E-state index contributed by atoms with van der Waals surface area (Å²) in [5, 5.41) is 0. The molecule has 1 saturated heterocycles. The van der Waals surface area contributed by atoms with Gasteiger partial charge in [0.05, 0.1) is 12.1 Å². The fraction of sp³-hybridized carbons (Fsp3) is 0.400. The maximum atomic E-state index is 13.2. The van der Waals surface area contributed by atoms with Crippen LogP contribution in [-0.2, 0) is 20.8 Å². The van der Waals surface area contributed by atoms with Crippen LogP contribution in [0.3, 0.4) is 0 Å². The average Bonchev–Trinajstić information content (AvgIpc) is 2.96. The number of rotatable bonds is 6. The van der Waals surface area contributed by atoms with E-state index in [1.165, 1.54) is 4.90 Å². The Hall–Kier alpha value is -2.95. The van der Waals surface area contributed by atoms with E-state index in [1.54, 1.807) is 17.0 Å². The third-order valence-corrected chi connectivity index (χ3v) is 5.28. The number of carbonyl (C=O) groups is 3. The van der Waals surface area contributed by atoms with Gasteiger partial charge in [-0.25, -0.2) is 4.90 Å². The van der Waals surface area contributed by atoms with Gasteiger partial charge in [-0.2, -0.15) is 0 Å². The van der Waals surface area contributed by atoms with Gasteiger partial charge in [-0.05, 0) is 36.5 Å². The third-order valence-electron chi connectivity index (χ3n) is 5.28. The normalized spacial score (nSPS) is 16.8. The van der Waals surface area contributed by atoms with Crippen LogP contribution in [0.5, 0.6) is 0 Å². The second-order valence-corrected chi connectivity index (χ2v) is 9.18. The standard InChI is InChI=1S/C25H30N2O3/c1-18-10-12-20(13-11-18)27-22(28)16-21(24(27)30)26(23(29)17-25(2,3)4)15-14-19-8-6-5-7-9-19/h5-13,21H,14-17H2,1-4H3. The second-order valence-electron chi connectivity index (χ2n) is 9.18. The molecule has 0 radical (unpaired) electrons. The van der Waals surface area contributed by atoms with Crippen LogP contribution >= 0.6 is 0 Å². The lowest BCUT2D eigenvalue weighted by Crippen LogP contribution is -2.47. The van der Waals surface area contributed by atoms with E-state index in [4.69, 9.17) is 0 Å². The van der Waals surface area contributed by atoms with Crippen molar-refractivity contribution < 1.29 is 14.4 Å². The van der Waals surface area contributed by atoms with E-state index < -0.39 is 6.04 Å². The average molecular weight is 407 g/mol. The Morgan fingerprint density at radius 3 is 2.27 bits per heavy atom. The number of hydrogen-bond acceptors (Lipinski definition) is 3. The van der Waals surface area contributed by atoms with Crippen LogP contribution in [0.2, 0.25) is 0 Å². The minimum atomic E-state index is -0.752. The zero-order valence-electron chi connectivity index (χ0n) is 18.2. The van der Waals surface area contributed by atoms with Crippen LogP contribution < -0.4 is 4.90 Å². The van der Waals surface area contributed by atoms with Gasteiger partial charge in [-0.15, -0.1) is 0 Å². The zero-order valence-corrected chi connectivity index (χ0v) is 18.2. The second kappa shape index (κ2) is 8.82.